The van der Waals surface area contributed by atoms with Crippen molar-refractivity contribution in [2.75, 3.05) is 32.7 Å². The number of piperidine rings is 1. The maximum Gasteiger partial charge on any atom is 0.0693 e. The highest BCUT2D eigenvalue weighted by Crippen LogP contribution is 2.29. The summed E-state index contributed by atoms with van der Waals surface area (Å²) < 4.78 is 0. The lowest BCUT2D eigenvalue weighted by Crippen LogP contribution is -2.50. The van der Waals surface area contributed by atoms with Crippen LogP contribution in [0.5, 0.6) is 0 Å². The Bertz CT molecular complexity index is 264. The molecule has 0 spiro atoms. The van der Waals surface area contributed by atoms with Crippen LogP contribution in [-0.4, -0.2) is 48.8 Å². The van der Waals surface area contributed by atoms with Crippen LogP contribution in [0.4, 0.5) is 0 Å². The van der Waals surface area contributed by atoms with Gasteiger partial charge < -0.3 is 15.3 Å². The fourth-order valence-corrected chi connectivity index (χ4v) is 3.14. The minimum Gasteiger partial charge on any atom is -0.392 e. The summed E-state index contributed by atoms with van der Waals surface area (Å²) in [5.41, 5.74) is 0.356. The lowest BCUT2D eigenvalue weighted by Gasteiger charge is -2.42. The van der Waals surface area contributed by atoms with Crippen LogP contribution in [0.2, 0.25) is 0 Å². The summed E-state index contributed by atoms with van der Waals surface area (Å²) in [4.78, 5) is 2.48. The predicted molar refractivity (Wildman–Crippen MR) is 87.0 cm³/mol. The molecule has 0 aliphatic carbocycles. The predicted octanol–water partition coefficient (Wildman–Crippen LogP) is 2.74. The summed E-state index contributed by atoms with van der Waals surface area (Å²) in [6.45, 7) is 16.6. The number of rotatable bonds is 8. The quantitative estimate of drug-likeness (QED) is 0.719. The van der Waals surface area contributed by atoms with Crippen LogP contribution >= 0.6 is 0 Å². The summed E-state index contributed by atoms with van der Waals surface area (Å²) in [6.07, 6.45) is 3.40. The molecule has 2 atom stereocenters. The zero-order valence-corrected chi connectivity index (χ0v) is 14.3. The lowest BCUT2D eigenvalue weighted by molar-refractivity contribution is 0.00768. The Morgan fingerprint density at radius 2 is 1.95 bits per heavy atom. The van der Waals surface area contributed by atoms with E-state index in [-0.39, 0.29) is 6.10 Å². The Balaban J connectivity index is 2.52. The van der Waals surface area contributed by atoms with Crippen molar-refractivity contribution >= 4 is 0 Å². The largest absolute Gasteiger partial charge is 0.392 e. The van der Waals surface area contributed by atoms with E-state index in [9.17, 15) is 5.11 Å². The number of nitrogens with one attached hydrogen (secondary N) is 1. The number of nitrogens with zero attached hydrogens (tertiary/aromatic N) is 1. The van der Waals surface area contributed by atoms with Crippen molar-refractivity contribution < 1.29 is 5.11 Å². The number of likely N-dealkylation sites (tertiary alicyclic amines) is 1. The van der Waals surface area contributed by atoms with Crippen molar-refractivity contribution in [1.29, 1.82) is 0 Å². The van der Waals surface area contributed by atoms with E-state index < -0.39 is 0 Å². The maximum absolute atomic E-state index is 10.1. The lowest BCUT2D eigenvalue weighted by atomic mass is 9.80. The van der Waals surface area contributed by atoms with E-state index in [4.69, 9.17) is 0 Å². The molecule has 2 unspecified atom stereocenters. The second kappa shape index (κ2) is 8.35. The van der Waals surface area contributed by atoms with Gasteiger partial charge in [0, 0.05) is 19.6 Å². The molecule has 0 radical (unpaired) electrons. The van der Waals surface area contributed by atoms with Gasteiger partial charge in [0.15, 0.2) is 0 Å². The van der Waals surface area contributed by atoms with Gasteiger partial charge in [0.2, 0.25) is 0 Å². The second-order valence-electron chi connectivity index (χ2n) is 7.30. The van der Waals surface area contributed by atoms with Crippen LogP contribution in [0.15, 0.2) is 0 Å². The first-order chi connectivity index (χ1) is 9.42. The SMILES string of the molecule is CCC(CC)(CNCC(C)C)CN1CCC(C)C(O)C1. The third kappa shape index (κ3) is 5.34. The van der Waals surface area contributed by atoms with E-state index in [1.54, 1.807) is 0 Å². The fraction of sp³-hybridized carbons (Fsp3) is 1.00. The molecule has 1 aliphatic rings. The first-order valence-corrected chi connectivity index (χ1v) is 8.53. The molecule has 3 nitrogen and oxygen atoms in total. The van der Waals surface area contributed by atoms with Gasteiger partial charge >= 0.3 is 0 Å². The van der Waals surface area contributed by atoms with E-state index in [0.29, 0.717) is 17.3 Å². The Labute approximate surface area is 126 Å². The molecule has 0 saturated carbocycles. The number of aliphatic hydroxyl groups is 1. The van der Waals surface area contributed by atoms with Crippen molar-refractivity contribution in [3.63, 3.8) is 0 Å². The average molecular weight is 284 g/mol. The summed E-state index contributed by atoms with van der Waals surface area (Å²) in [5.74, 6) is 1.17. The van der Waals surface area contributed by atoms with Crippen LogP contribution in [0.1, 0.15) is 53.9 Å². The highest BCUT2D eigenvalue weighted by Gasteiger charge is 2.32. The highest BCUT2D eigenvalue weighted by molar-refractivity contribution is 4.86. The van der Waals surface area contributed by atoms with Crippen molar-refractivity contribution in [2.24, 2.45) is 17.3 Å². The zero-order valence-electron chi connectivity index (χ0n) is 14.3. The molecule has 0 bridgehead atoms. The summed E-state index contributed by atoms with van der Waals surface area (Å²) in [7, 11) is 0. The fourth-order valence-electron chi connectivity index (χ4n) is 3.14. The van der Waals surface area contributed by atoms with Crippen LogP contribution in [0, 0.1) is 17.3 Å². The molecule has 3 heteroatoms. The molecule has 1 heterocycles. The Kier molecular flexibility index (Phi) is 7.49. The van der Waals surface area contributed by atoms with Gasteiger partial charge in [-0.15, -0.1) is 0 Å². The number of hydrogen-bond donors (Lipinski definition) is 2. The van der Waals surface area contributed by atoms with Gasteiger partial charge in [-0.05, 0) is 49.6 Å². The molecular formula is C17H36N2O. The summed E-state index contributed by atoms with van der Waals surface area (Å²) in [6, 6.07) is 0. The van der Waals surface area contributed by atoms with Gasteiger partial charge in [0.1, 0.15) is 0 Å². The molecule has 120 valence electrons. The maximum atomic E-state index is 10.1. The van der Waals surface area contributed by atoms with Gasteiger partial charge in [0.25, 0.3) is 0 Å². The molecule has 0 amide bonds. The van der Waals surface area contributed by atoms with Crippen molar-refractivity contribution in [3.8, 4) is 0 Å². The van der Waals surface area contributed by atoms with E-state index in [2.05, 4.69) is 44.8 Å². The van der Waals surface area contributed by atoms with E-state index >= 15 is 0 Å². The monoisotopic (exact) mass is 284 g/mol. The molecular weight excluding hydrogens is 248 g/mol. The first kappa shape index (κ1) is 17.9. The number of aliphatic hydroxyl groups excluding tert-OH is 1. The topological polar surface area (TPSA) is 35.5 Å². The van der Waals surface area contributed by atoms with Crippen LogP contribution in [0.25, 0.3) is 0 Å². The number of hydrogen-bond acceptors (Lipinski definition) is 3. The van der Waals surface area contributed by atoms with E-state index in [0.717, 1.165) is 39.1 Å². The van der Waals surface area contributed by atoms with Crippen LogP contribution in [0.3, 0.4) is 0 Å². The summed E-state index contributed by atoms with van der Waals surface area (Å²) in [5, 5.41) is 13.7. The van der Waals surface area contributed by atoms with Gasteiger partial charge in [-0.2, -0.15) is 0 Å². The molecule has 0 aromatic rings. The molecule has 20 heavy (non-hydrogen) atoms. The van der Waals surface area contributed by atoms with Crippen molar-refractivity contribution in [3.05, 3.63) is 0 Å². The second-order valence-corrected chi connectivity index (χ2v) is 7.30. The normalized spacial score (nSPS) is 25.4. The number of β-amino-alcohol motifs (C(OH)–C–C–N with tert-alkyl or cyclic N) is 1. The van der Waals surface area contributed by atoms with Crippen molar-refractivity contribution in [1.82, 2.24) is 10.2 Å². The molecule has 1 aliphatic heterocycles. The van der Waals surface area contributed by atoms with Gasteiger partial charge in [-0.1, -0.05) is 34.6 Å². The van der Waals surface area contributed by atoms with Gasteiger partial charge in [-0.3, -0.25) is 0 Å². The van der Waals surface area contributed by atoms with E-state index in [1.165, 1.54) is 12.8 Å². The Morgan fingerprint density at radius 1 is 1.30 bits per heavy atom. The molecule has 0 aromatic carbocycles. The third-order valence-corrected chi connectivity index (χ3v) is 5.11. The minimum absolute atomic E-state index is 0.140. The van der Waals surface area contributed by atoms with E-state index in [1.807, 2.05) is 0 Å². The Hall–Kier alpha value is -0.120. The summed E-state index contributed by atoms with van der Waals surface area (Å²) >= 11 is 0. The zero-order chi connectivity index (χ0) is 15.2. The average Bonchev–Trinajstić information content (AvgIpc) is 2.41. The Morgan fingerprint density at radius 3 is 2.45 bits per heavy atom. The first-order valence-electron chi connectivity index (χ1n) is 8.53. The smallest absolute Gasteiger partial charge is 0.0693 e. The van der Waals surface area contributed by atoms with Gasteiger partial charge in [-0.25, -0.2) is 0 Å². The van der Waals surface area contributed by atoms with Gasteiger partial charge in [0.05, 0.1) is 6.10 Å². The minimum atomic E-state index is -0.140. The van der Waals surface area contributed by atoms with Crippen LogP contribution < -0.4 is 5.32 Å². The molecule has 1 fully saturated rings. The third-order valence-electron chi connectivity index (χ3n) is 5.11. The molecule has 2 N–H and O–H groups in total. The molecule has 1 saturated heterocycles. The molecule has 1 rings (SSSR count). The van der Waals surface area contributed by atoms with Crippen LogP contribution in [-0.2, 0) is 0 Å². The van der Waals surface area contributed by atoms with Crippen molar-refractivity contribution in [2.45, 2.75) is 60.0 Å². The molecule has 0 aromatic heterocycles. The standard InChI is InChI=1S/C17H36N2O/c1-6-17(7-2,12-18-10-14(3)4)13-19-9-8-15(5)16(20)11-19/h14-16,18,20H,6-13H2,1-5H3. The highest BCUT2D eigenvalue weighted by atomic mass is 16.3.